The predicted molar refractivity (Wildman–Crippen MR) is 76.4 cm³/mol. The second-order valence-electron chi connectivity index (χ2n) is 3.99. The highest BCUT2D eigenvalue weighted by molar-refractivity contribution is 6.32. The summed E-state index contributed by atoms with van der Waals surface area (Å²) in [5.74, 6) is 0.587. The zero-order valence-corrected chi connectivity index (χ0v) is 12.4. The van der Waals surface area contributed by atoms with E-state index in [2.05, 4.69) is 0 Å². The van der Waals surface area contributed by atoms with Crippen LogP contribution in [0.1, 0.15) is 5.56 Å². The van der Waals surface area contributed by atoms with E-state index in [1.54, 1.807) is 25.3 Å². The molecule has 1 aromatic rings. The Kier molecular flexibility index (Phi) is 9.36. The Morgan fingerprint density at radius 3 is 2.25 bits per heavy atom. The van der Waals surface area contributed by atoms with Gasteiger partial charge in [-0.2, -0.15) is 0 Å². The molecule has 0 aliphatic carbocycles. The Bertz CT molecular complexity index is 373. The lowest BCUT2D eigenvalue weighted by molar-refractivity contribution is 0.0180. The van der Waals surface area contributed by atoms with Gasteiger partial charge in [-0.3, -0.25) is 0 Å². The van der Waals surface area contributed by atoms with Crippen molar-refractivity contribution in [2.45, 2.75) is 6.61 Å². The fraction of sp³-hybridized carbons (Fsp3) is 0.571. The van der Waals surface area contributed by atoms with Crippen molar-refractivity contribution in [3.63, 3.8) is 0 Å². The molecule has 0 aliphatic rings. The third-order valence-electron chi connectivity index (χ3n) is 2.47. The van der Waals surface area contributed by atoms with Gasteiger partial charge in [0.05, 0.1) is 44.7 Å². The van der Waals surface area contributed by atoms with Crippen LogP contribution < -0.4 is 4.74 Å². The number of hydrogen-bond acceptors (Lipinski definition) is 5. The molecule has 0 fully saturated rings. The highest BCUT2D eigenvalue weighted by Crippen LogP contribution is 2.25. The molecule has 20 heavy (non-hydrogen) atoms. The molecule has 0 aromatic heterocycles. The maximum absolute atomic E-state index is 8.96. The van der Waals surface area contributed by atoms with Crippen LogP contribution in [0.3, 0.4) is 0 Å². The summed E-state index contributed by atoms with van der Waals surface area (Å²) in [4.78, 5) is 0. The molecule has 1 N–H and O–H groups in total. The van der Waals surface area contributed by atoms with E-state index in [0.717, 1.165) is 5.56 Å². The molecule has 0 heterocycles. The number of benzene rings is 1. The van der Waals surface area contributed by atoms with Crippen molar-refractivity contribution < 1.29 is 24.1 Å². The third-order valence-corrected chi connectivity index (χ3v) is 2.76. The number of ether oxygens (including phenoxy) is 4. The largest absolute Gasteiger partial charge is 0.490 e. The van der Waals surface area contributed by atoms with Gasteiger partial charge in [0.25, 0.3) is 0 Å². The van der Waals surface area contributed by atoms with Gasteiger partial charge in [0.2, 0.25) is 0 Å². The highest BCUT2D eigenvalue weighted by Gasteiger charge is 2.02. The lowest BCUT2D eigenvalue weighted by Gasteiger charge is -2.09. The lowest BCUT2D eigenvalue weighted by atomic mass is 10.2. The van der Waals surface area contributed by atoms with Gasteiger partial charge in [-0.15, -0.1) is 0 Å². The van der Waals surface area contributed by atoms with Gasteiger partial charge in [-0.05, 0) is 17.7 Å². The number of aliphatic hydroxyl groups is 1. The minimum Gasteiger partial charge on any atom is -0.490 e. The number of aliphatic hydroxyl groups excluding tert-OH is 1. The first-order chi connectivity index (χ1) is 9.77. The van der Waals surface area contributed by atoms with E-state index in [1.165, 1.54) is 0 Å². The summed E-state index contributed by atoms with van der Waals surface area (Å²) in [6, 6.07) is 5.19. The van der Waals surface area contributed by atoms with Crippen molar-refractivity contribution in [2.24, 2.45) is 0 Å². The molecule has 0 saturated carbocycles. The quantitative estimate of drug-likeness (QED) is 0.633. The Morgan fingerprint density at radius 1 is 1.00 bits per heavy atom. The Hall–Kier alpha value is -0.850. The van der Waals surface area contributed by atoms with E-state index in [9.17, 15) is 0 Å². The normalized spacial score (nSPS) is 10.8. The van der Waals surface area contributed by atoms with E-state index in [4.69, 9.17) is 35.7 Å². The SMILES string of the molecule is COCCOCCOCCOc1ccc(CO)cc1Cl. The van der Waals surface area contributed by atoms with Crippen LogP contribution in [0.2, 0.25) is 5.02 Å². The van der Waals surface area contributed by atoms with Crippen LogP contribution in [0.4, 0.5) is 0 Å². The van der Waals surface area contributed by atoms with Crippen LogP contribution in [0, 0.1) is 0 Å². The van der Waals surface area contributed by atoms with Gasteiger partial charge in [-0.1, -0.05) is 17.7 Å². The summed E-state index contributed by atoms with van der Waals surface area (Å²) in [5, 5.41) is 9.45. The molecule has 0 amide bonds. The molecule has 0 saturated heterocycles. The number of hydrogen-bond donors (Lipinski definition) is 1. The van der Waals surface area contributed by atoms with Gasteiger partial charge < -0.3 is 24.1 Å². The standard InChI is InChI=1S/C14H21ClO5/c1-17-4-5-18-6-7-19-8-9-20-14-3-2-12(11-16)10-13(14)15/h2-3,10,16H,4-9,11H2,1H3. The minimum absolute atomic E-state index is 0.0355. The van der Waals surface area contributed by atoms with Crippen molar-refractivity contribution in [3.8, 4) is 5.75 Å². The molecule has 0 atom stereocenters. The van der Waals surface area contributed by atoms with Crippen molar-refractivity contribution in [3.05, 3.63) is 28.8 Å². The van der Waals surface area contributed by atoms with E-state index in [1.807, 2.05) is 0 Å². The first kappa shape index (κ1) is 17.2. The predicted octanol–water partition coefficient (Wildman–Crippen LogP) is 1.89. The minimum atomic E-state index is -0.0355. The fourth-order valence-corrected chi connectivity index (χ4v) is 1.69. The maximum Gasteiger partial charge on any atom is 0.138 e. The van der Waals surface area contributed by atoms with Gasteiger partial charge in [0, 0.05) is 7.11 Å². The zero-order chi connectivity index (χ0) is 14.6. The molecule has 0 radical (unpaired) electrons. The summed E-state index contributed by atoms with van der Waals surface area (Å²) in [5.41, 5.74) is 0.756. The second-order valence-corrected chi connectivity index (χ2v) is 4.40. The van der Waals surface area contributed by atoms with Crippen LogP contribution in [-0.2, 0) is 20.8 Å². The third kappa shape index (κ3) is 7.07. The molecule has 0 bridgehead atoms. The molecular formula is C14H21ClO5. The lowest BCUT2D eigenvalue weighted by Crippen LogP contribution is -2.12. The van der Waals surface area contributed by atoms with Gasteiger partial charge in [0.1, 0.15) is 12.4 Å². The summed E-state index contributed by atoms with van der Waals surface area (Å²) < 4.78 is 20.9. The maximum atomic E-state index is 8.96. The number of methoxy groups -OCH3 is 1. The van der Waals surface area contributed by atoms with Crippen molar-refractivity contribution >= 4 is 11.6 Å². The van der Waals surface area contributed by atoms with Crippen molar-refractivity contribution in [2.75, 3.05) is 46.8 Å². The van der Waals surface area contributed by atoms with E-state index in [-0.39, 0.29) is 6.61 Å². The molecule has 1 rings (SSSR count). The van der Waals surface area contributed by atoms with Gasteiger partial charge >= 0.3 is 0 Å². The van der Waals surface area contributed by atoms with Crippen LogP contribution in [-0.4, -0.2) is 51.9 Å². The van der Waals surface area contributed by atoms with Crippen LogP contribution in [0.15, 0.2) is 18.2 Å². The molecule has 0 unspecified atom stereocenters. The summed E-state index contributed by atoms with van der Waals surface area (Å²) in [6.45, 7) is 3.06. The van der Waals surface area contributed by atoms with Crippen LogP contribution in [0.25, 0.3) is 0 Å². The summed E-state index contributed by atoms with van der Waals surface area (Å²) in [6.07, 6.45) is 0. The Morgan fingerprint density at radius 2 is 1.65 bits per heavy atom. The van der Waals surface area contributed by atoms with E-state index >= 15 is 0 Å². The summed E-state index contributed by atoms with van der Waals surface area (Å²) in [7, 11) is 1.63. The fourth-order valence-electron chi connectivity index (χ4n) is 1.43. The average Bonchev–Trinajstić information content (AvgIpc) is 2.47. The molecule has 0 spiro atoms. The number of halogens is 1. The molecule has 6 heteroatoms. The average molecular weight is 305 g/mol. The summed E-state index contributed by atoms with van der Waals surface area (Å²) >= 11 is 6.01. The van der Waals surface area contributed by atoms with Crippen LogP contribution in [0.5, 0.6) is 5.75 Å². The van der Waals surface area contributed by atoms with Crippen molar-refractivity contribution in [1.29, 1.82) is 0 Å². The van der Waals surface area contributed by atoms with Gasteiger partial charge in [-0.25, -0.2) is 0 Å². The number of rotatable bonds is 11. The smallest absolute Gasteiger partial charge is 0.138 e. The van der Waals surface area contributed by atoms with Gasteiger partial charge in [0.15, 0.2) is 0 Å². The molecular weight excluding hydrogens is 284 g/mol. The Labute approximate surface area is 124 Å². The molecule has 114 valence electrons. The highest BCUT2D eigenvalue weighted by atomic mass is 35.5. The molecule has 1 aromatic carbocycles. The van der Waals surface area contributed by atoms with E-state index in [0.29, 0.717) is 50.4 Å². The molecule has 0 aliphatic heterocycles. The topological polar surface area (TPSA) is 57.2 Å². The monoisotopic (exact) mass is 304 g/mol. The first-order valence-electron chi connectivity index (χ1n) is 6.44. The Balaban J connectivity index is 2.06. The van der Waals surface area contributed by atoms with Crippen LogP contribution >= 0.6 is 11.6 Å². The van der Waals surface area contributed by atoms with Crippen molar-refractivity contribution in [1.82, 2.24) is 0 Å². The van der Waals surface area contributed by atoms with E-state index < -0.39 is 0 Å². The zero-order valence-electron chi connectivity index (χ0n) is 11.6. The first-order valence-corrected chi connectivity index (χ1v) is 6.82. The second kappa shape index (κ2) is 10.9. The molecule has 5 nitrogen and oxygen atoms in total.